The molecule has 0 saturated carbocycles. The molecule has 2 aromatic heterocycles. The van der Waals surface area contributed by atoms with E-state index in [4.69, 9.17) is 0 Å². The molecule has 104 valence electrons. The first-order valence-corrected chi connectivity index (χ1v) is 6.55. The third-order valence-corrected chi connectivity index (χ3v) is 3.09. The summed E-state index contributed by atoms with van der Waals surface area (Å²) in [5.41, 5.74) is 2.59. The monoisotopic (exact) mass is 278 g/mol. The number of nitrogens with zero attached hydrogens (tertiary/aromatic N) is 3. The van der Waals surface area contributed by atoms with Gasteiger partial charge in [0.2, 0.25) is 0 Å². The topological polar surface area (TPSA) is 59.8 Å². The summed E-state index contributed by atoms with van der Waals surface area (Å²) in [4.78, 5) is 20.3. The number of imidazole rings is 1. The standard InChI is InChI=1S/C16H14N4O/c1-12-6-7-18-15(10-12)19-16(21)13-2-4-14(5-3-13)20-9-8-17-11-20/h2-11H,1H3,(H,18,19,21). The number of aryl methyl sites for hydroxylation is 1. The lowest BCUT2D eigenvalue weighted by molar-refractivity contribution is 0.102. The highest BCUT2D eigenvalue weighted by molar-refractivity contribution is 6.03. The molecule has 0 aliphatic carbocycles. The van der Waals surface area contributed by atoms with Crippen molar-refractivity contribution in [2.45, 2.75) is 6.92 Å². The Kier molecular flexibility index (Phi) is 3.47. The van der Waals surface area contributed by atoms with E-state index in [1.54, 1.807) is 30.9 Å². The number of rotatable bonds is 3. The second kappa shape index (κ2) is 5.58. The van der Waals surface area contributed by atoms with Crippen LogP contribution in [0.2, 0.25) is 0 Å². The van der Waals surface area contributed by atoms with Gasteiger partial charge in [-0.1, -0.05) is 0 Å². The number of pyridine rings is 1. The molecule has 2 heterocycles. The Balaban J connectivity index is 1.76. The van der Waals surface area contributed by atoms with Gasteiger partial charge in [0, 0.05) is 29.8 Å². The minimum atomic E-state index is -0.176. The van der Waals surface area contributed by atoms with Gasteiger partial charge < -0.3 is 9.88 Å². The summed E-state index contributed by atoms with van der Waals surface area (Å²) in [6, 6.07) is 11.0. The van der Waals surface area contributed by atoms with Gasteiger partial charge >= 0.3 is 0 Å². The molecule has 0 radical (unpaired) electrons. The molecule has 3 aromatic rings. The van der Waals surface area contributed by atoms with Gasteiger partial charge in [0.25, 0.3) is 5.91 Å². The van der Waals surface area contributed by atoms with E-state index in [2.05, 4.69) is 15.3 Å². The SMILES string of the molecule is Cc1ccnc(NC(=O)c2ccc(-n3ccnc3)cc2)c1. The molecule has 0 fully saturated rings. The largest absolute Gasteiger partial charge is 0.307 e. The van der Waals surface area contributed by atoms with E-state index >= 15 is 0 Å². The number of amides is 1. The van der Waals surface area contributed by atoms with Crippen molar-refractivity contribution in [1.82, 2.24) is 14.5 Å². The van der Waals surface area contributed by atoms with Crippen LogP contribution in [-0.4, -0.2) is 20.4 Å². The Bertz CT molecular complexity index is 748. The second-order valence-electron chi connectivity index (χ2n) is 4.69. The number of carbonyl (C=O) groups is 1. The van der Waals surface area contributed by atoms with Crippen LogP contribution in [0.3, 0.4) is 0 Å². The zero-order valence-corrected chi connectivity index (χ0v) is 11.5. The summed E-state index contributed by atoms with van der Waals surface area (Å²) in [6.07, 6.45) is 6.95. The third kappa shape index (κ3) is 2.97. The van der Waals surface area contributed by atoms with Crippen LogP contribution in [0.5, 0.6) is 0 Å². The van der Waals surface area contributed by atoms with Gasteiger partial charge in [-0.25, -0.2) is 9.97 Å². The van der Waals surface area contributed by atoms with Crippen LogP contribution in [0.4, 0.5) is 5.82 Å². The van der Waals surface area contributed by atoms with Crippen LogP contribution >= 0.6 is 0 Å². The molecule has 0 unspecified atom stereocenters. The first-order chi connectivity index (χ1) is 10.2. The Hall–Kier alpha value is -2.95. The number of anilines is 1. The lowest BCUT2D eigenvalue weighted by atomic mass is 10.2. The van der Waals surface area contributed by atoms with Gasteiger partial charge in [-0.3, -0.25) is 4.79 Å². The van der Waals surface area contributed by atoms with Crippen LogP contribution in [-0.2, 0) is 0 Å². The highest BCUT2D eigenvalue weighted by Crippen LogP contribution is 2.12. The lowest BCUT2D eigenvalue weighted by Gasteiger charge is -2.06. The molecule has 0 spiro atoms. The summed E-state index contributed by atoms with van der Waals surface area (Å²) >= 11 is 0. The van der Waals surface area contributed by atoms with Crippen LogP contribution in [0.25, 0.3) is 5.69 Å². The normalized spacial score (nSPS) is 10.3. The van der Waals surface area contributed by atoms with Crippen molar-refractivity contribution in [3.63, 3.8) is 0 Å². The molecule has 3 rings (SSSR count). The Morgan fingerprint density at radius 3 is 2.62 bits per heavy atom. The van der Waals surface area contributed by atoms with Gasteiger partial charge in [-0.15, -0.1) is 0 Å². The number of aromatic nitrogens is 3. The number of nitrogens with one attached hydrogen (secondary N) is 1. The van der Waals surface area contributed by atoms with Gasteiger partial charge in [0.1, 0.15) is 5.82 Å². The Morgan fingerprint density at radius 2 is 1.95 bits per heavy atom. The maximum atomic E-state index is 12.2. The lowest BCUT2D eigenvalue weighted by Crippen LogP contribution is -2.13. The average Bonchev–Trinajstić information content (AvgIpc) is 3.01. The summed E-state index contributed by atoms with van der Waals surface area (Å²) < 4.78 is 1.88. The van der Waals surface area contributed by atoms with E-state index in [-0.39, 0.29) is 5.91 Å². The van der Waals surface area contributed by atoms with Crippen molar-refractivity contribution in [2.75, 3.05) is 5.32 Å². The molecular weight excluding hydrogens is 264 g/mol. The van der Waals surface area contributed by atoms with Gasteiger partial charge in [-0.05, 0) is 48.9 Å². The minimum absolute atomic E-state index is 0.176. The van der Waals surface area contributed by atoms with Crippen LogP contribution < -0.4 is 5.32 Å². The van der Waals surface area contributed by atoms with Crippen molar-refractivity contribution in [3.05, 3.63) is 72.4 Å². The maximum Gasteiger partial charge on any atom is 0.256 e. The van der Waals surface area contributed by atoms with E-state index in [0.717, 1.165) is 11.3 Å². The van der Waals surface area contributed by atoms with Crippen molar-refractivity contribution in [3.8, 4) is 5.69 Å². The molecule has 0 aliphatic rings. The molecule has 21 heavy (non-hydrogen) atoms. The van der Waals surface area contributed by atoms with Crippen LogP contribution in [0.1, 0.15) is 15.9 Å². The van der Waals surface area contributed by atoms with Crippen molar-refractivity contribution < 1.29 is 4.79 Å². The molecule has 0 bridgehead atoms. The van der Waals surface area contributed by atoms with Crippen molar-refractivity contribution >= 4 is 11.7 Å². The van der Waals surface area contributed by atoms with E-state index in [0.29, 0.717) is 11.4 Å². The Labute approximate surface area is 122 Å². The van der Waals surface area contributed by atoms with E-state index in [1.807, 2.05) is 42.0 Å². The highest BCUT2D eigenvalue weighted by Gasteiger charge is 2.07. The average molecular weight is 278 g/mol. The fourth-order valence-corrected chi connectivity index (χ4v) is 1.99. The molecule has 1 N–H and O–H groups in total. The summed E-state index contributed by atoms with van der Waals surface area (Å²) in [6.45, 7) is 1.96. The molecule has 1 aromatic carbocycles. The second-order valence-corrected chi connectivity index (χ2v) is 4.69. The number of carbonyl (C=O) groups excluding carboxylic acids is 1. The molecule has 5 heteroatoms. The van der Waals surface area contributed by atoms with Crippen molar-refractivity contribution in [2.24, 2.45) is 0 Å². The molecule has 1 amide bonds. The van der Waals surface area contributed by atoms with E-state index in [9.17, 15) is 4.79 Å². The first kappa shape index (κ1) is 13.1. The fraction of sp³-hybridized carbons (Fsp3) is 0.0625. The zero-order chi connectivity index (χ0) is 14.7. The van der Waals surface area contributed by atoms with Gasteiger partial charge in [-0.2, -0.15) is 0 Å². The molecule has 0 saturated heterocycles. The predicted molar refractivity (Wildman–Crippen MR) is 80.5 cm³/mol. The molecular formula is C16H14N4O. The van der Waals surface area contributed by atoms with E-state index < -0.39 is 0 Å². The van der Waals surface area contributed by atoms with Gasteiger partial charge in [0.15, 0.2) is 0 Å². The quantitative estimate of drug-likeness (QED) is 0.801. The van der Waals surface area contributed by atoms with E-state index in [1.165, 1.54) is 0 Å². The Morgan fingerprint density at radius 1 is 1.14 bits per heavy atom. The number of hydrogen-bond acceptors (Lipinski definition) is 3. The summed E-state index contributed by atoms with van der Waals surface area (Å²) in [7, 11) is 0. The van der Waals surface area contributed by atoms with Crippen molar-refractivity contribution in [1.29, 1.82) is 0 Å². The third-order valence-electron chi connectivity index (χ3n) is 3.09. The number of hydrogen-bond donors (Lipinski definition) is 1. The first-order valence-electron chi connectivity index (χ1n) is 6.55. The predicted octanol–water partition coefficient (Wildman–Crippen LogP) is 2.83. The van der Waals surface area contributed by atoms with Crippen LogP contribution in [0.15, 0.2) is 61.3 Å². The molecule has 0 aliphatic heterocycles. The summed E-state index contributed by atoms with van der Waals surface area (Å²) in [5, 5.41) is 2.78. The number of benzene rings is 1. The fourth-order valence-electron chi connectivity index (χ4n) is 1.99. The molecule has 5 nitrogen and oxygen atoms in total. The highest BCUT2D eigenvalue weighted by atomic mass is 16.1. The molecule has 0 atom stereocenters. The zero-order valence-electron chi connectivity index (χ0n) is 11.5. The summed E-state index contributed by atoms with van der Waals surface area (Å²) in [5.74, 6) is 0.379. The van der Waals surface area contributed by atoms with Crippen LogP contribution in [0, 0.1) is 6.92 Å². The smallest absolute Gasteiger partial charge is 0.256 e. The maximum absolute atomic E-state index is 12.2. The van der Waals surface area contributed by atoms with Gasteiger partial charge in [0.05, 0.1) is 6.33 Å². The minimum Gasteiger partial charge on any atom is -0.307 e.